The third-order valence-electron chi connectivity index (χ3n) is 11.0. The number of hydrogen-bond acceptors (Lipinski definition) is 10. The lowest BCUT2D eigenvalue weighted by Crippen LogP contribution is -2.60. The van der Waals surface area contributed by atoms with Crippen LogP contribution in [0.3, 0.4) is 0 Å². The summed E-state index contributed by atoms with van der Waals surface area (Å²) in [5.74, 6) is 2.88. The molecule has 3 fully saturated rings. The molecule has 8 atom stereocenters. The van der Waals surface area contributed by atoms with Gasteiger partial charge in [-0.1, -0.05) is 45.6 Å². The highest BCUT2D eigenvalue weighted by Gasteiger charge is 2.77. The molecule has 3 saturated heterocycles. The molecule has 0 aromatic carbocycles. The van der Waals surface area contributed by atoms with E-state index in [1.807, 2.05) is 70.0 Å². The van der Waals surface area contributed by atoms with E-state index in [9.17, 15) is 19.2 Å². The summed E-state index contributed by atoms with van der Waals surface area (Å²) in [5.41, 5.74) is -3.24. The Bertz CT molecular complexity index is 1610. The lowest BCUT2D eigenvalue weighted by atomic mass is 9.52. The summed E-state index contributed by atoms with van der Waals surface area (Å²) >= 11 is 1.54. The maximum atomic E-state index is 14.7. The van der Waals surface area contributed by atoms with E-state index in [1.165, 1.54) is 0 Å². The largest absolute Gasteiger partial charge is 0.461 e. The van der Waals surface area contributed by atoms with Crippen LogP contribution in [-0.2, 0) is 33.4 Å². The molecule has 2 aromatic rings. The topological polar surface area (TPSA) is 112 Å². The summed E-state index contributed by atoms with van der Waals surface area (Å²) in [6, 6.07) is 9.05. The number of likely N-dealkylation sites (tertiary alicyclic amines) is 1. The first-order valence-electron chi connectivity index (χ1n) is 16.4. The normalized spacial score (nSPS) is 36.6. The Kier molecular flexibility index (Phi) is 9.59. The SMILES string of the molecule is CCC12C3C(=O)OC1(C)COC(=O)C(C)C(=O)C(C)CC(C)(OCC#Cc1ccc(-c4ccccn4)s1)CC(C)C(=O)C2(C)CN3C. The number of pyridine rings is 1. The van der Waals surface area contributed by atoms with Crippen molar-refractivity contribution in [3.63, 3.8) is 0 Å². The Morgan fingerprint density at radius 3 is 2.43 bits per heavy atom. The third-order valence-corrected chi connectivity index (χ3v) is 12.0. The molecule has 0 bridgehead atoms. The quantitative estimate of drug-likeness (QED) is 0.243. The molecule has 47 heavy (non-hydrogen) atoms. The van der Waals surface area contributed by atoms with Crippen LogP contribution in [0, 0.1) is 40.4 Å². The number of cyclic esters (lactones) is 1. The summed E-state index contributed by atoms with van der Waals surface area (Å²) in [4.78, 5) is 63.1. The van der Waals surface area contributed by atoms with Crippen molar-refractivity contribution in [1.82, 2.24) is 9.88 Å². The van der Waals surface area contributed by atoms with Gasteiger partial charge < -0.3 is 14.2 Å². The van der Waals surface area contributed by atoms with Gasteiger partial charge in [0.1, 0.15) is 36.7 Å². The number of carbonyl (C=O) groups is 4. The molecule has 10 heteroatoms. The molecule has 0 spiro atoms. The molecule has 5 rings (SSSR count). The fourth-order valence-electron chi connectivity index (χ4n) is 8.94. The Morgan fingerprint density at radius 1 is 1.02 bits per heavy atom. The fourth-order valence-corrected chi connectivity index (χ4v) is 9.80. The standard InChI is InChI=1S/C37H46N2O7S/c1-9-37-30-33(43)46-36(37,7)22-44-32(42)25(4)29(40)23(2)19-34(5,20-24(3)31(41)35(37,6)21-39(30)8)45-18-12-13-26-15-16-28(47-26)27-14-10-11-17-38-27/h10-11,14-17,23-25,30H,9,18-22H2,1-8H3. The van der Waals surface area contributed by atoms with Crippen molar-refractivity contribution in [3.05, 3.63) is 41.4 Å². The Balaban J connectivity index is 1.45. The lowest BCUT2D eigenvalue weighted by molar-refractivity contribution is -0.182. The highest BCUT2D eigenvalue weighted by molar-refractivity contribution is 7.16. The van der Waals surface area contributed by atoms with E-state index < -0.39 is 57.8 Å². The third kappa shape index (κ3) is 5.96. The van der Waals surface area contributed by atoms with Crippen LogP contribution >= 0.6 is 11.3 Å². The van der Waals surface area contributed by atoms with Crippen LogP contribution in [0.1, 0.15) is 72.6 Å². The van der Waals surface area contributed by atoms with E-state index in [-0.39, 0.29) is 24.8 Å². The molecule has 9 nitrogen and oxygen atoms in total. The van der Waals surface area contributed by atoms with Crippen molar-refractivity contribution in [2.24, 2.45) is 28.6 Å². The number of rotatable bonds is 4. The number of hydrogen-bond donors (Lipinski definition) is 0. The number of nitrogens with zero attached hydrogens (tertiary/aromatic N) is 2. The summed E-state index contributed by atoms with van der Waals surface area (Å²) in [5, 5.41) is 0. The predicted octanol–water partition coefficient (Wildman–Crippen LogP) is 5.35. The Labute approximate surface area is 281 Å². The summed E-state index contributed by atoms with van der Waals surface area (Å²) < 4.78 is 18.2. The number of ether oxygens (including phenoxy) is 3. The molecule has 0 aliphatic carbocycles. The van der Waals surface area contributed by atoms with Crippen molar-refractivity contribution in [2.75, 3.05) is 26.8 Å². The molecule has 252 valence electrons. The van der Waals surface area contributed by atoms with Crippen LogP contribution in [0.4, 0.5) is 0 Å². The van der Waals surface area contributed by atoms with Gasteiger partial charge in [0.15, 0.2) is 5.60 Å². The minimum Gasteiger partial charge on any atom is -0.461 e. The molecular weight excluding hydrogens is 616 g/mol. The highest BCUT2D eigenvalue weighted by atomic mass is 32.1. The van der Waals surface area contributed by atoms with Crippen LogP contribution in [0.2, 0.25) is 0 Å². The fraction of sp³-hybridized carbons (Fsp3) is 0.595. The molecular formula is C37H46N2O7S. The van der Waals surface area contributed by atoms with Gasteiger partial charge in [-0.15, -0.1) is 11.3 Å². The number of aromatic nitrogens is 1. The number of thiophene rings is 1. The average Bonchev–Trinajstić information content (AvgIpc) is 3.68. The van der Waals surface area contributed by atoms with Crippen molar-refractivity contribution < 1.29 is 33.4 Å². The van der Waals surface area contributed by atoms with Crippen LogP contribution in [0.15, 0.2) is 36.5 Å². The maximum Gasteiger partial charge on any atom is 0.324 e. The second-order valence-corrected chi connectivity index (χ2v) is 15.4. The molecule has 3 aliphatic rings. The molecule has 5 heterocycles. The first-order chi connectivity index (χ1) is 22.1. The number of likely N-dealkylation sites (N-methyl/N-ethyl adjacent to an activating group) is 1. The first kappa shape index (κ1) is 34.9. The molecule has 3 aliphatic heterocycles. The maximum absolute atomic E-state index is 14.7. The van der Waals surface area contributed by atoms with Gasteiger partial charge in [0.05, 0.1) is 31.9 Å². The van der Waals surface area contributed by atoms with E-state index in [2.05, 4.69) is 16.8 Å². The zero-order valence-electron chi connectivity index (χ0n) is 28.7. The summed E-state index contributed by atoms with van der Waals surface area (Å²) in [6.45, 7) is 13.0. The van der Waals surface area contributed by atoms with Gasteiger partial charge in [-0.25, -0.2) is 0 Å². The molecule has 2 aromatic heterocycles. The second-order valence-electron chi connectivity index (χ2n) is 14.4. The Morgan fingerprint density at radius 2 is 1.74 bits per heavy atom. The minimum atomic E-state index is -1.26. The van der Waals surface area contributed by atoms with Crippen LogP contribution in [-0.4, -0.2) is 77.4 Å². The first-order valence-corrected chi connectivity index (χ1v) is 17.2. The number of carbonyl (C=O) groups excluding carboxylic acids is 4. The van der Waals surface area contributed by atoms with E-state index >= 15 is 0 Å². The zero-order chi connectivity index (χ0) is 34.4. The van der Waals surface area contributed by atoms with E-state index in [0.29, 0.717) is 25.8 Å². The van der Waals surface area contributed by atoms with Gasteiger partial charge in [0.25, 0.3) is 0 Å². The van der Waals surface area contributed by atoms with Gasteiger partial charge in [0, 0.05) is 24.6 Å². The van der Waals surface area contributed by atoms with Crippen LogP contribution in [0.25, 0.3) is 10.6 Å². The molecule has 0 N–H and O–H groups in total. The van der Waals surface area contributed by atoms with Gasteiger partial charge in [0.2, 0.25) is 0 Å². The van der Waals surface area contributed by atoms with Gasteiger partial charge in [-0.05, 0) is 71.3 Å². The average molecular weight is 663 g/mol. The van der Waals surface area contributed by atoms with Crippen molar-refractivity contribution in [3.8, 4) is 22.4 Å². The van der Waals surface area contributed by atoms with E-state index in [4.69, 9.17) is 14.2 Å². The monoisotopic (exact) mass is 662 g/mol. The van der Waals surface area contributed by atoms with Crippen LogP contribution in [0.5, 0.6) is 0 Å². The molecule has 0 amide bonds. The van der Waals surface area contributed by atoms with Gasteiger partial charge in [-0.3, -0.25) is 29.1 Å². The van der Waals surface area contributed by atoms with Crippen molar-refractivity contribution in [1.29, 1.82) is 0 Å². The van der Waals surface area contributed by atoms with Gasteiger partial charge >= 0.3 is 11.9 Å². The van der Waals surface area contributed by atoms with E-state index in [0.717, 1.165) is 15.4 Å². The Hall–Kier alpha value is -3.39. The number of ketones is 2. The number of esters is 2. The van der Waals surface area contributed by atoms with Crippen molar-refractivity contribution >= 4 is 34.8 Å². The molecule has 8 unspecified atom stereocenters. The summed E-state index contributed by atoms with van der Waals surface area (Å²) in [7, 11) is 1.84. The second kappa shape index (κ2) is 12.9. The predicted molar refractivity (Wildman–Crippen MR) is 178 cm³/mol. The number of Topliss-reactive ketones (excluding diaryl/α,β-unsaturated/α-hetero) is 2. The molecule has 0 radical (unpaired) electrons. The van der Waals surface area contributed by atoms with E-state index in [1.54, 1.807) is 38.3 Å². The minimum absolute atomic E-state index is 0.00416. The zero-order valence-corrected chi connectivity index (χ0v) is 29.5. The molecule has 0 saturated carbocycles. The van der Waals surface area contributed by atoms with Gasteiger partial charge in [-0.2, -0.15) is 0 Å². The smallest absolute Gasteiger partial charge is 0.324 e. The summed E-state index contributed by atoms with van der Waals surface area (Å²) in [6.07, 6.45) is 2.84. The van der Waals surface area contributed by atoms with Crippen LogP contribution < -0.4 is 0 Å². The van der Waals surface area contributed by atoms with Crippen molar-refractivity contribution in [2.45, 2.75) is 85.0 Å². The lowest BCUT2D eigenvalue weighted by Gasteiger charge is -2.49. The highest BCUT2D eigenvalue weighted by Crippen LogP contribution is 2.64.